The first-order valence-electron chi connectivity index (χ1n) is 10.3. The highest BCUT2D eigenvalue weighted by Crippen LogP contribution is 2.53. The fraction of sp³-hybridized carbons (Fsp3) is 0.667. The van der Waals surface area contributed by atoms with Crippen molar-refractivity contribution < 1.29 is 13.2 Å². The molecule has 2 heterocycles. The summed E-state index contributed by atoms with van der Waals surface area (Å²) in [5.41, 5.74) is 2.71. The first-order valence-corrected chi connectivity index (χ1v) is 11.9. The number of benzene rings is 1. The van der Waals surface area contributed by atoms with Gasteiger partial charge < -0.3 is 4.90 Å². The molecule has 0 radical (unpaired) electrons. The van der Waals surface area contributed by atoms with E-state index in [1.807, 2.05) is 4.90 Å². The summed E-state index contributed by atoms with van der Waals surface area (Å²) in [7, 11) is -3.12. The topological polar surface area (TPSA) is 57.7 Å². The lowest BCUT2D eigenvalue weighted by Crippen LogP contribution is -2.44. The van der Waals surface area contributed by atoms with Gasteiger partial charge >= 0.3 is 0 Å². The molecule has 1 aromatic carbocycles. The highest BCUT2D eigenvalue weighted by atomic mass is 32.2. The predicted molar refractivity (Wildman–Crippen MR) is 106 cm³/mol. The summed E-state index contributed by atoms with van der Waals surface area (Å²) < 4.78 is 26.1. The molecule has 0 unspecified atom stereocenters. The van der Waals surface area contributed by atoms with Crippen LogP contribution in [0.5, 0.6) is 0 Å². The zero-order valence-corrected chi connectivity index (χ0v) is 17.0. The van der Waals surface area contributed by atoms with Gasteiger partial charge in [-0.3, -0.25) is 4.79 Å². The van der Waals surface area contributed by atoms with Crippen LogP contribution in [0.4, 0.5) is 0 Å². The standard InChI is InChI=1S/C21H30N2O3S/c1-2-27(25,26)23-13-9-21(10-14-23)16-17(18-7-3-4-8-19(18)21)15-20(24)22-11-5-6-12-22/h3-4,7-8,17H,2,5-6,9-16H2,1H3/t17-/m0/s1. The van der Waals surface area contributed by atoms with E-state index in [2.05, 4.69) is 24.3 Å². The lowest BCUT2D eigenvalue weighted by Gasteiger charge is -2.39. The van der Waals surface area contributed by atoms with Crippen molar-refractivity contribution in [2.24, 2.45) is 0 Å². The number of sulfonamides is 1. The molecule has 2 fully saturated rings. The zero-order chi connectivity index (χ0) is 19.1. The van der Waals surface area contributed by atoms with Gasteiger partial charge in [0.15, 0.2) is 0 Å². The van der Waals surface area contributed by atoms with Crippen molar-refractivity contribution in [2.75, 3.05) is 31.9 Å². The number of piperidine rings is 1. The molecule has 5 nitrogen and oxygen atoms in total. The summed E-state index contributed by atoms with van der Waals surface area (Å²) in [6.07, 6.45) is 5.54. The summed E-state index contributed by atoms with van der Waals surface area (Å²) in [6, 6.07) is 8.54. The van der Waals surface area contributed by atoms with Crippen LogP contribution < -0.4 is 0 Å². The number of likely N-dealkylation sites (tertiary alicyclic amines) is 1. The Bertz CT molecular complexity index is 806. The van der Waals surface area contributed by atoms with Crippen LogP contribution in [0.1, 0.15) is 62.5 Å². The molecule has 1 amide bonds. The molecule has 1 atom stereocenters. The Kier molecular flexibility index (Phi) is 5.06. The van der Waals surface area contributed by atoms with Crippen molar-refractivity contribution in [2.45, 2.75) is 56.8 Å². The molecular formula is C21H30N2O3S. The molecular weight excluding hydrogens is 360 g/mol. The number of fused-ring (bicyclic) bond motifs is 2. The molecule has 2 aliphatic heterocycles. The average Bonchev–Trinajstić information content (AvgIpc) is 3.31. The van der Waals surface area contributed by atoms with E-state index in [-0.39, 0.29) is 23.0 Å². The maximum atomic E-state index is 12.7. The van der Waals surface area contributed by atoms with Crippen LogP contribution in [0.15, 0.2) is 24.3 Å². The Labute approximate surface area is 162 Å². The smallest absolute Gasteiger partial charge is 0.223 e. The van der Waals surface area contributed by atoms with E-state index in [9.17, 15) is 13.2 Å². The van der Waals surface area contributed by atoms with E-state index in [4.69, 9.17) is 0 Å². The molecule has 1 aromatic rings. The highest BCUT2D eigenvalue weighted by Gasteiger charge is 2.47. The lowest BCUT2D eigenvalue weighted by atomic mass is 9.73. The molecule has 27 heavy (non-hydrogen) atoms. The van der Waals surface area contributed by atoms with E-state index in [1.165, 1.54) is 11.1 Å². The number of rotatable bonds is 4. The second-order valence-electron chi connectivity index (χ2n) is 8.36. The normalized spacial score (nSPS) is 25.1. The van der Waals surface area contributed by atoms with E-state index in [0.717, 1.165) is 45.2 Å². The number of carbonyl (C=O) groups is 1. The quantitative estimate of drug-likeness (QED) is 0.794. The summed E-state index contributed by atoms with van der Waals surface area (Å²) in [5.74, 6) is 0.725. The number of hydrogen-bond donors (Lipinski definition) is 0. The highest BCUT2D eigenvalue weighted by molar-refractivity contribution is 7.89. The van der Waals surface area contributed by atoms with Crippen molar-refractivity contribution in [3.63, 3.8) is 0 Å². The minimum absolute atomic E-state index is 0.0340. The molecule has 4 rings (SSSR count). The van der Waals surface area contributed by atoms with Crippen LogP contribution in [0.2, 0.25) is 0 Å². The molecule has 1 aliphatic carbocycles. The van der Waals surface area contributed by atoms with Crippen LogP contribution in [-0.4, -0.2) is 55.5 Å². The Morgan fingerprint density at radius 3 is 2.44 bits per heavy atom. The van der Waals surface area contributed by atoms with E-state index in [1.54, 1.807) is 11.2 Å². The summed E-state index contributed by atoms with van der Waals surface area (Å²) in [6.45, 7) is 4.71. The van der Waals surface area contributed by atoms with Gasteiger partial charge in [-0.15, -0.1) is 0 Å². The third-order valence-electron chi connectivity index (χ3n) is 6.93. The van der Waals surface area contributed by atoms with Crippen molar-refractivity contribution in [1.29, 1.82) is 0 Å². The largest absolute Gasteiger partial charge is 0.343 e. The first-order chi connectivity index (χ1) is 13.0. The molecule has 0 bridgehead atoms. The number of nitrogens with zero attached hydrogens (tertiary/aromatic N) is 2. The Hall–Kier alpha value is -1.40. The summed E-state index contributed by atoms with van der Waals surface area (Å²) >= 11 is 0. The monoisotopic (exact) mass is 390 g/mol. The van der Waals surface area contributed by atoms with Gasteiger partial charge in [0.25, 0.3) is 0 Å². The number of hydrogen-bond acceptors (Lipinski definition) is 3. The van der Waals surface area contributed by atoms with Crippen LogP contribution in [0, 0.1) is 0 Å². The molecule has 1 spiro atoms. The van der Waals surface area contributed by atoms with Gasteiger partial charge in [0.2, 0.25) is 15.9 Å². The third-order valence-corrected chi connectivity index (χ3v) is 8.81. The van der Waals surface area contributed by atoms with Crippen LogP contribution >= 0.6 is 0 Å². The fourth-order valence-corrected chi connectivity index (χ4v) is 6.47. The minimum Gasteiger partial charge on any atom is -0.343 e. The molecule has 0 N–H and O–H groups in total. The van der Waals surface area contributed by atoms with Gasteiger partial charge in [-0.25, -0.2) is 12.7 Å². The SMILES string of the molecule is CCS(=O)(=O)N1CCC2(CC1)C[C@H](CC(=O)N1CCCC1)c1ccccc12. The summed E-state index contributed by atoms with van der Waals surface area (Å²) in [4.78, 5) is 14.8. The van der Waals surface area contributed by atoms with Gasteiger partial charge in [0, 0.05) is 32.6 Å². The van der Waals surface area contributed by atoms with Gasteiger partial charge in [-0.1, -0.05) is 24.3 Å². The van der Waals surface area contributed by atoms with Crippen LogP contribution in [0.25, 0.3) is 0 Å². The zero-order valence-electron chi connectivity index (χ0n) is 16.2. The van der Waals surface area contributed by atoms with Crippen molar-refractivity contribution in [1.82, 2.24) is 9.21 Å². The Morgan fingerprint density at radius 2 is 1.78 bits per heavy atom. The molecule has 2 saturated heterocycles. The minimum atomic E-state index is -3.12. The predicted octanol–water partition coefficient (Wildman–Crippen LogP) is 2.87. The summed E-state index contributed by atoms with van der Waals surface area (Å²) in [5, 5.41) is 0. The van der Waals surface area contributed by atoms with Gasteiger partial charge in [0.05, 0.1) is 5.75 Å². The Balaban J connectivity index is 1.53. The first kappa shape index (κ1) is 18.9. The van der Waals surface area contributed by atoms with Crippen molar-refractivity contribution in [3.05, 3.63) is 35.4 Å². The van der Waals surface area contributed by atoms with Crippen molar-refractivity contribution in [3.8, 4) is 0 Å². The Morgan fingerprint density at radius 1 is 1.11 bits per heavy atom. The third kappa shape index (κ3) is 3.42. The van der Waals surface area contributed by atoms with Crippen LogP contribution in [0.3, 0.4) is 0 Å². The lowest BCUT2D eigenvalue weighted by molar-refractivity contribution is -0.130. The van der Waals surface area contributed by atoms with Gasteiger partial charge in [-0.2, -0.15) is 0 Å². The molecule has 0 aromatic heterocycles. The average molecular weight is 391 g/mol. The van der Waals surface area contributed by atoms with Gasteiger partial charge in [-0.05, 0) is 61.5 Å². The maximum absolute atomic E-state index is 12.7. The van der Waals surface area contributed by atoms with Gasteiger partial charge in [0.1, 0.15) is 0 Å². The second-order valence-corrected chi connectivity index (χ2v) is 10.6. The fourth-order valence-electron chi connectivity index (χ4n) is 5.36. The second kappa shape index (κ2) is 7.21. The molecule has 0 saturated carbocycles. The van der Waals surface area contributed by atoms with E-state index in [0.29, 0.717) is 19.5 Å². The van der Waals surface area contributed by atoms with E-state index >= 15 is 0 Å². The molecule has 148 valence electrons. The van der Waals surface area contributed by atoms with Crippen LogP contribution in [-0.2, 0) is 20.2 Å². The maximum Gasteiger partial charge on any atom is 0.223 e. The number of carbonyl (C=O) groups excluding carboxylic acids is 1. The molecule has 6 heteroatoms. The van der Waals surface area contributed by atoms with E-state index < -0.39 is 10.0 Å². The van der Waals surface area contributed by atoms with Crippen molar-refractivity contribution >= 4 is 15.9 Å². The number of amides is 1. The molecule has 3 aliphatic rings.